The standard InChI is InChI=1S/C13H13Cl2N3S/c1-3-5-10-17-11(15)8(2)12(18-10)19-13-9(14)6-4-7-16-13/h4,6-7H,3,5H2,1-2H3. The van der Waals surface area contributed by atoms with E-state index < -0.39 is 0 Å². The second kappa shape index (κ2) is 6.55. The second-order valence-corrected chi connectivity index (χ2v) is 5.75. The maximum atomic E-state index is 6.14. The first kappa shape index (κ1) is 14.6. The minimum atomic E-state index is 0.494. The first-order valence-corrected chi connectivity index (χ1v) is 7.50. The van der Waals surface area contributed by atoms with E-state index in [0.717, 1.165) is 34.3 Å². The molecule has 19 heavy (non-hydrogen) atoms. The molecule has 2 heterocycles. The predicted molar refractivity (Wildman–Crippen MR) is 79.1 cm³/mol. The molecule has 0 bridgehead atoms. The van der Waals surface area contributed by atoms with E-state index >= 15 is 0 Å². The van der Waals surface area contributed by atoms with Gasteiger partial charge in [-0.25, -0.2) is 15.0 Å². The first-order chi connectivity index (χ1) is 9.11. The highest BCUT2D eigenvalue weighted by Crippen LogP contribution is 2.33. The summed E-state index contributed by atoms with van der Waals surface area (Å²) in [5.41, 5.74) is 0.855. The maximum absolute atomic E-state index is 6.14. The number of pyridine rings is 1. The lowest BCUT2D eigenvalue weighted by molar-refractivity contribution is 0.801. The summed E-state index contributed by atoms with van der Waals surface area (Å²) >= 11 is 13.7. The maximum Gasteiger partial charge on any atom is 0.136 e. The highest BCUT2D eigenvalue weighted by molar-refractivity contribution is 7.99. The molecule has 3 nitrogen and oxygen atoms in total. The van der Waals surface area contributed by atoms with Crippen LogP contribution in [0.2, 0.25) is 10.2 Å². The van der Waals surface area contributed by atoms with Crippen LogP contribution in [0.5, 0.6) is 0 Å². The van der Waals surface area contributed by atoms with Crippen LogP contribution in [0.4, 0.5) is 0 Å². The molecule has 0 radical (unpaired) electrons. The van der Waals surface area contributed by atoms with Crippen LogP contribution in [0.1, 0.15) is 24.7 Å². The van der Waals surface area contributed by atoms with Gasteiger partial charge < -0.3 is 0 Å². The molecule has 2 aromatic rings. The molecule has 0 aliphatic carbocycles. The zero-order valence-corrected chi connectivity index (χ0v) is 13.0. The Hall–Kier alpha value is -0.840. The average molecular weight is 314 g/mol. The van der Waals surface area contributed by atoms with Gasteiger partial charge in [-0.05, 0) is 37.2 Å². The molecule has 0 amide bonds. The SMILES string of the molecule is CCCc1nc(Cl)c(C)c(Sc2ncccc2Cl)n1. The van der Waals surface area contributed by atoms with Crippen molar-refractivity contribution in [3.05, 3.63) is 39.9 Å². The third-order valence-corrected chi connectivity index (χ3v) is 4.37. The third-order valence-electron chi connectivity index (χ3n) is 2.48. The van der Waals surface area contributed by atoms with Crippen molar-refractivity contribution in [3.8, 4) is 0 Å². The van der Waals surface area contributed by atoms with Crippen molar-refractivity contribution in [2.75, 3.05) is 0 Å². The van der Waals surface area contributed by atoms with Crippen LogP contribution in [-0.4, -0.2) is 15.0 Å². The Labute approximate surface area is 126 Å². The van der Waals surface area contributed by atoms with Gasteiger partial charge in [-0.3, -0.25) is 0 Å². The van der Waals surface area contributed by atoms with Crippen LogP contribution in [0.3, 0.4) is 0 Å². The molecule has 0 aliphatic rings. The van der Waals surface area contributed by atoms with E-state index in [9.17, 15) is 0 Å². The van der Waals surface area contributed by atoms with E-state index in [-0.39, 0.29) is 0 Å². The van der Waals surface area contributed by atoms with Gasteiger partial charge in [0.1, 0.15) is 21.0 Å². The molecule has 0 N–H and O–H groups in total. The Kier molecular flexibility index (Phi) is 5.02. The molecule has 0 atom stereocenters. The summed E-state index contributed by atoms with van der Waals surface area (Å²) in [5.74, 6) is 0.757. The summed E-state index contributed by atoms with van der Waals surface area (Å²) in [5, 5.41) is 2.64. The predicted octanol–water partition coefficient (Wildman–Crippen LogP) is 4.59. The molecule has 0 aromatic carbocycles. The molecule has 2 aromatic heterocycles. The molecule has 0 saturated carbocycles. The van der Waals surface area contributed by atoms with E-state index in [1.807, 2.05) is 13.0 Å². The van der Waals surface area contributed by atoms with Crippen LogP contribution in [0.15, 0.2) is 28.4 Å². The molecule has 0 unspecified atom stereocenters. The lowest BCUT2D eigenvalue weighted by Gasteiger charge is -2.08. The van der Waals surface area contributed by atoms with Crippen LogP contribution in [0.25, 0.3) is 0 Å². The number of hydrogen-bond donors (Lipinski definition) is 0. The smallest absolute Gasteiger partial charge is 0.136 e. The third kappa shape index (κ3) is 3.59. The van der Waals surface area contributed by atoms with Crippen LogP contribution >= 0.6 is 35.0 Å². The van der Waals surface area contributed by atoms with Crippen molar-refractivity contribution in [2.45, 2.75) is 36.7 Å². The van der Waals surface area contributed by atoms with Crippen LogP contribution < -0.4 is 0 Å². The minimum absolute atomic E-state index is 0.494. The average Bonchev–Trinajstić information content (AvgIpc) is 2.38. The zero-order chi connectivity index (χ0) is 13.8. The van der Waals surface area contributed by atoms with E-state index in [0.29, 0.717) is 10.2 Å². The molecule has 0 spiro atoms. The second-order valence-electron chi connectivity index (χ2n) is 4.00. The Morgan fingerprint density at radius 2 is 2.00 bits per heavy atom. The Morgan fingerprint density at radius 1 is 1.21 bits per heavy atom. The van der Waals surface area contributed by atoms with Crippen molar-refractivity contribution in [3.63, 3.8) is 0 Å². The first-order valence-electron chi connectivity index (χ1n) is 5.93. The lowest BCUT2D eigenvalue weighted by atomic mass is 10.3. The van der Waals surface area contributed by atoms with Gasteiger partial charge in [0.15, 0.2) is 0 Å². The fourth-order valence-electron chi connectivity index (χ4n) is 1.48. The van der Waals surface area contributed by atoms with E-state index in [1.54, 1.807) is 12.3 Å². The molecule has 2 rings (SSSR count). The van der Waals surface area contributed by atoms with Gasteiger partial charge in [-0.15, -0.1) is 0 Å². The number of nitrogens with zero attached hydrogens (tertiary/aromatic N) is 3. The summed E-state index contributed by atoms with van der Waals surface area (Å²) < 4.78 is 0. The molecule has 0 fully saturated rings. The van der Waals surface area contributed by atoms with Crippen molar-refractivity contribution < 1.29 is 0 Å². The fourth-order valence-corrected chi connectivity index (χ4v) is 2.83. The van der Waals surface area contributed by atoms with Crippen LogP contribution in [0, 0.1) is 6.92 Å². The number of hydrogen-bond acceptors (Lipinski definition) is 4. The van der Waals surface area contributed by atoms with Gasteiger partial charge in [0, 0.05) is 18.2 Å². The van der Waals surface area contributed by atoms with Crippen molar-refractivity contribution in [2.24, 2.45) is 0 Å². The van der Waals surface area contributed by atoms with Gasteiger partial charge in [-0.1, -0.05) is 30.1 Å². The molecule has 0 saturated heterocycles. The number of aryl methyl sites for hydroxylation is 1. The normalized spacial score (nSPS) is 10.7. The van der Waals surface area contributed by atoms with E-state index in [2.05, 4.69) is 21.9 Å². The largest absolute Gasteiger partial charge is 0.248 e. The quantitative estimate of drug-likeness (QED) is 0.774. The number of rotatable bonds is 4. The summed E-state index contributed by atoms with van der Waals surface area (Å²) in [6.45, 7) is 3.98. The molecule has 100 valence electrons. The van der Waals surface area contributed by atoms with Crippen molar-refractivity contribution in [1.82, 2.24) is 15.0 Å². The summed E-state index contributed by atoms with van der Waals surface area (Å²) in [4.78, 5) is 13.1. The van der Waals surface area contributed by atoms with Gasteiger partial charge in [-0.2, -0.15) is 0 Å². The Balaban J connectivity index is 2.36. The molecular weight excluding hydrogens is 301 g/mol. The number of aromatic nitrogens is 3. The molecule has 6 heteroatoms. The van der Waals surface area contributed by atoms with Gasteiger partial charge >= 0.3 is 0 Å². The summed E-state index contributed by atoms with van der Waals surface area (Å²) in [6.07, 6.45) is 3.50. The highest BCUT2D eigenvalue weighted by Gasteiger charge is 2.12. The zero-order valence-electron chi connectivity index (χ0n) is 10.7. The van der Waals surface area contributed by atoms with E-state index in [1.165, 1.54) is 11.8 Å². The van der Waals surface area contributed by atoms with Gasteiger partial charge in [0.25, 0.3) is 0 Å². The van der Waals surface area contributed by atoms with Crippen LogP contribution in [-0.2, 0) is 6.42 Å². The monoisotopic (exact) mass is 313 g/mol. The van der Waals surface area contributed by atoms with Crippen molar-refractivity contribution in [1.29, 1.82) is 0 Å². The topological polar surface area (TPSA) is 38.7 Å². The van der Waals surface area contributed by atoms with Crippen molar-refractivity contribution >= 4 is 35.0 Å². The fraction of sp³-hybridized carbons (Fsp3) is 0.308. The Morgan fingerprint density at radius 3 is 2.68 bits per heavy atom. The van der Waals surface area contributed by atoms with Gasteiger partial charge in [0.2, 0.25) is 0 Å². The minimum Gasteiger partial charge on any atom is -0.248 e. The number of halogens is 2. The van der Waals surface area contributed by atoms with Gasteiger partial charge in [0.05, 0.1) is 5.02 Å². The molecular formula is C13H13Cl2N3S. The Bertz CT molecular complexity index is 590. The summed E-state index contributed by atoms with van der Waals surface area (Å²) in [6, 6.07) is 3.61. The molecule has 0 aliphatic heterocycles. The summed E-state index contributed by atoms with van der Waals surface area (Å²) in [7, 11) is 0. The van der Waals surface area contributed by atoms with E-state index in [4.69, 9.17) is 23.2 Å². The highest BCUT2D eigenvalue weighted by atomic mass is 35.5. The lowest BCUT2D eigenvalue weighted by Crippen LogP contribution is -2.00.